The minimum Gasteiger partial charge on any atom is -0.493 e. The highest BCUT2D eigenvalue weighted by Gasteiger charge is 2.25. The van der Waals surface area contributed by atoms with Gasteiger partial charge in [0.25, 0.3) is 5.91 Å². The quantitative estimate of drug-likeness (QED) is 0.593. The minimum absolute atomic E-state index is 0.0222. The average molecular weight is 454 g/mol. The molecule has 0 spiro atoms. The van der Waals surface area contributed by atoms with E-state index in [0.717, 1.165) is 18.7 Å². The van der Waals surface area contributed by atoms with Crippen LogP contribution in [0, 0.1) is 0 Å². The van der Waals surface area contributed by atoms with E-state index in [1.54, 1.807) is 26.2 Å². The summed E-state index contributed by atoms with van der Waals surface area (Å²) in [5.41, 5.74) is 1.03. The standard InChI is InChI=1S/C25H31N3O5/c1-3-32-25(30)19-9-11-23(26-17-19)27-12-14-28(15-13-27)24(29)18-8-10-21(22(16-18)31-2)33-20-6-4-5-7-20/h8-11,16-17,20H,3-7,12-15H2,1-2H3. The number of pyridine rings is 1. The summed E-state index contributed by atoms with van der Waals surface area (Å²) in [7, 11) is 1.60. The molecule has 0 unspecified atom stereocenters. The van der Waals surface area contributed by atoms with E-state index in [4.69, 9.17) is 14.2 Å². The number of carbonyl (C=O) groups is 2. The SMILES string of the molecule is CCOC(=O)c1ccc(N2CCN(C(=O)c3ccc(OC4CCCC4)c(OC)c3)CC2)nc1. The van der Waals surface area contributed by atoms with E-state index in [-0.39, 0.29) is 18.0 Å². The molecular formula is C25H31N3O5. The van der Waals surface area contributed by atoms with Crippen molar-refractivity contribution in [3.8, 4) is 11.5 Å². The molecule has 176 valence electrons. The van der Waals surface area contributed by atoms with Gasteiger partial charge in [-0.05, 0) is 62.9 Å². The van der Waals surface area contributed by atoms with E-state index in [9.17, 15) is 9.59 Å². The second kappa shape index (κ2) is 10.6. The number of amides is 1. The Morgan fingerprint density at radius 1 is 1.00 bits per heavy atom. The smallest absolute Gasteiger partial charge is 0.339 e. The van der Waals surface area contributed by atoms with Gasteiger partial charge in [0, 0.05) is 37.9 Å². The van der Waals surface area contributed by atoms with Gasteiger partial charge in [0.2, 0.25) is 0 Å². The molecule has 0 radical (unpaired) electrons. The Labute approximate surface area is 194 Å². The number of esters is 1. The van der Waals surface area contributed by atoms with Crippen molar-refractivity contribution < 1.29 is 23.8 Å². The number of nitrogens with zero attached hydrogens (tertiary/aromatic N) is 3. The monoisotopic (exact) mass is 453 g/mol. The summed E-state index contributed by atoms with van der Waals surface area (Å²) >= 11 is 0. The van der Waals surface area contributed by atoms with Crippen LogP contribution in [0.1, 0.15) is 53.3 Å². The number of carbonyl (C=O) groups excluding carboxylic acids is 2. The Balaban J connectivity index is 1.35. The van der Waals surface area contributed by atoms with Gasteiger partial charge in [0.05, 0.1) is 25.4 Å². The maximum atomic E-state index is 13.1. The fraction of sp³-hybridized carbons (Fsp3) is 0.480. The highest BCUT2D eigenvalue weighted by atomic mass is 16.5. The van der Waals surface area contributed by atoms with Crippen LogP contribution in [-0.4, -0.2) is 67.8 Å². The Kier molecular flexibility index (Phi) is 7.32. The molecule has 33 heavy (non-hydrogen) atoms. The number of hydrogen-bond donors (Lipinski definition) is 0. The molecule has 2 aromatic rings. The van der Waals surface area contributed by atoms with E-state index < -0.39 is 0 Å². The van der Waals surface area contributed by atoms with Crippen molar-refractivity contribution in [3.63, 3.8) is 0 Å². The molecule has 8 nitrogen and oxygen atoms in total. The zero-order valence-corrected chi connectivity index (χ0v) is 19.3. The highest BCUT2D eigenvalue weighted by Crippen LogP contribution is 2.32. The first-order valence-electron chi connectivity index (χ1n) is 11.6. The molecule has 8 heteroatoms. The lowest BCUT2D eigenvalue weighted by Gasteiger charge is -2.35. The van der Waals surface area contributed by atoms with Crippen molar-refractivity contribution >= 4 is 17.7 Å². The van der Waals surface area contributed by atoms with Crippen molar-refractivity contribution in [2.45, 2.75) is 38.7 Å². The molecule has 1 aromatic heterocycles. The molecule has 0 bridgehead atoms. The number of piperazine rings is 1. The number of aromatic nitrogens is 1. The molecule has 1 saturated heterocycles. The van der Waals surface area contributed by atoms with Crippen molar-refractivity contribution in [3.05, 3.63) is 47.7 Å². The molecule has 4 rings (SSSR count). The van der Waals surface area contributed by atoms with Gasteiger partial charge in [-0.3, -0.25) is 4.79 Å². The van der Waals surface area contributed by atoms with Crippen LogP contribution in [0.25, 0.3) is 0 Å². The van der Waals surface area contributed by atoms with Crippen LogP contribution in [-0.2, 0) is 4.74 Å². The lowest BCUT2D eigenvalue weighted by atomic mass is 10.1. The van der Waals surface area contributed by atoms with Crippen molar-refractivity contribution in [1.82, 2.24) is 9.88 Å². The summed E-state index contributed by atoms with van der Waals surface area (Å²) in [6.07, 6.45) is 6.28. The molecule has 2 heterocycles. The number of rotatable bonds is 7. The van der Waals surface area contributed by atoms with E-state index in [0.29, 0.717) is 55.4 Å². The third kappa shape index (κ3) is 5.38. The van der Waals surface area contributed by atoms with Crippen LogP contribution in [0.15, 0.2) is 36.5 Å². The van der Waals surface area contributed by atoms with E-state index in [1.807, 2.05) is 23.1 Å². The molecule has 0 N–H and O–H groups in total. The predicted octanol–water partition coefficient (Wildman–Crippen LogP) is 3.55. The maximum absolute atomic E-state index is 13.1. The normalized spacial score (nSPS) is 16.5. The van der Waals surface area contributed by atoms with Gasteiger partial charge in [-0.25, -0.2) is 9.78 Å². The largest absolute Gasteiger partial charge is 0.493 e. The third-order valence-corrected chi connectivity index (χ3v) is 6.16. The van der Waals surface area contributed by atoms with Crippen LogP contribution in [0.5, 0.6) is 11.5 Å². The van der Waals surface area contributed by atoms with Crippen LogP contribution in [0.4, 0.5) is 5.82 Å². The number of ether oxygens (including phenoxy) is 3. The van der Waals surface area contributed by atoms with E-state index in [1.165, 1.54) is 19.0 Å². The lowest BCUT2D eigenvalue weighted by molar-refractivity contribution is 0.0525. The molecule has 1 aromatic carbocycles. The molecule has 1 aliphatic heterocycles. The average Bonchev–Trinajstić information content (AvgIpc) is 3.37. The predicted molar refractivity (Wildman–Crippen MR) is 124 cm³/mol. The van der Waals surface area contributed by atoms with Crippen molar-refractivity contribution in [2.75, 3.05) is 44.8 Å². The summed E-state index contributed by atoms with van der Waals surface area (Å²) in [5, 5.41) is 0. The molecular weight excluding hydrogens is 422 g/mol. The lowest BCUT2D eigenvalue weighted by Crippen LogP contribution is -2.49. The number of methoxy groups -OCH3 is 1. The first-order chi connectivity index (χ1) is 16.1. The van der Waals surface area contributed by atoms with E-state index >= 15 is 0 Å². The number of hydrogen-bond acceptors (Lipinski definition) is 7. The molecule has 0 atom stereocenters. The van der Waals surface area contributed by atoms with Gasteiger partial charge in [-0.2, -0.15) is 0 Å². The molecule has 2 fully saturated rings. The van der Waals surface area contributed by atoms with Crippen molar-refractivity contribution in [1.29, 1.82) is 0 Å². The second-order valence-electron chi connectivity index (χ2n) is 8.29. The Morgan fingerprint density at radius 3 is 2.36 bits per heavy atom. The van der Waals surface area contributed by atoms with Gasteiger partial charge >= 0.3 is 5.97 Å². The van der Waals surface area contributed by atoms with Crippen LogP contribution < -0.4 is 14.4 Å². The number of benzene rings is 1. The van der Waals surface area contributed by atoms with Gasteiger partial charge in [-0.15, -0.1) is 0 Å². The fourth-order valence-electron chi connectivity index (χ4n) is 4.31. The second-order valence-corrected chi connectivity index (χ2v) is 8.29. The summed E-state index contributed by atoms with van der Waals surface area (Å²) in [6.45, 7) is 4.61. The topological polar surface area (TPSA) is 81.2 Å². The van der Waals surface area contributed by atoms with Crippen LogP contribution in [0.3, 0.4) is 0 Å². The third-order valence-electron chi connectivity index (χ3n) is 6.16. The van der Waals surface area contributed by atoms with Crippen LogP contribution >= 0.6 is 0 Å². The fourth-order valence-corrected chi connectivity index (χ4v) is 4.31. The van der Waals surface area contributed by atoms with E-state index in [2.05, 4.69) is 9.88 Å². The number of anilines is 1. The van der Waals surface area contributed by atoms with Gasteiger partial charge < -0.3 is 24.0 Å². The highest BCUT2D eigenvalue weighted by molar-refractivity contribution is 5.95. The van der Waals surface area contributed by atoms with Gasteiger partial charge in [-0.1, -0.05) is 0 Å². The molecule has 1 amide bonds. The van der Waals surface area contributed by atoms with Crippen LogP contribution in [0.2, 0.25) is 0 Å². The summed E-state index contributed by atoms with van der Waals surface area (Å²) in [5.74, 6) is 1.68. The first kappa shape index (κ1) is 22.9. The maximum Gasteiger partial charge on any atom is 0.339 e. The molecule has 1 saturated carbocycles. The Bertz CT molecular complexity index is 965. The Hall–Kier alpha value is -3.29. The zero-order valence-electron chi connectivity index (χ0n) is 19.3. The molecule has 2 aliphatic rings. The summed E-state index contributed by atoms with van der Waals surface area (Å²) < 4.78 is 16.6. The van der Waals surface area contributed by atoms with Gasteiger partial charge in [0.1, 0.15) is 5.82 Å². The van der Waals surface area contributed by atoms with Crippen molar-refractivity contribution in [2.24, 2.45) is 0 Å². The van der Waals surface area contributed by atoms with Gasteiger partial charge in [0.15, 0.2) is 11.5 Å². The zero-order chi connectivity index (χ0) is 23.2. The molecule has 1 aliphatic carbocycles. The first-order valence-corrected chi connectivity index (χ1v) is 11.6. The summed E-state index contributed by atoms with van der Waals surface area (Å²) in [6, 6.07) is 8.97. The minimum atomic E-state index is -0.373. The Morgan fingerprint density at radius 2 is 1.73 bits per heavy atom. The summed E-state index contributed by atoms with van der Waals surface area (Å²) in [4.78, 5) is 33.2.